The molecule has 0 aliphatic heterocycles. The number of esters is 1. The summed E-state index contributed by atoms with van der Waals surface area (Å²) in [5.41, 5.74) is -1.25. The van der Waals surface area contributed by atoms with Crippen molar-refractivity contribution in [3.05, 3.63) is 223 Å². The number of thioether (sulfide) groups is 2. The van der Waals surface area contributed by atoms with Crippen molar-refractivity contribution in [2.75, 3.05) is 56.0 Å². The predicted molar refractivity (Wildman–Crippen MR) is 352 cm³/mol. The summed E-state index contributed by atoms with van der Waals surface area (Å²) in [5.74, 6) is -0.538. The number of benzene rings is 6. The largest absolute Gasteiger partial charge is 0.486 e. The maximum Gasteiger partial charge on any atom is 0.338 e. The second-order valence-electron chi connectivity index (χ2n) is 21.9. The Morgan fingerprint density at radius 2 is 1.30 bits per heavy atom. The Morgan fingerprint density at radius 3 is 1.92 bits per heavy atom. The van der Waals surface area contributed by atoms with Crippen LogP contribution < -0.4 is 30.8 Å². The molecule has 0 bridgehead atoms. The quantitative estimate of drug-likeness (QED) is 0.0220. The Labute approximate surface area is 545 Å². The van der Waals surface area contributed by atoms with Crippen molar-refractivity contribution in [3.8, 4) is 34.2 Å². The number of rotatable bonds is 26. The van der Waals surface area contributed by atoms with Gasteiger partial charge in [-0.3, -0.25) is 54.3 Å². The van der Waals surface area contributed by atoms with Gasteiger partial charge in [-0.15, -0.1) is 9.48 Å². The Bertz CT molecular complexity index is 4210. The second kappa shape index (κ2) is 31.8. The van der Waals surface area contributed by atoms with Crippen LogP contribution in [0.1, 0.15) is 89.3 Å². The number of ether oxygens (including phenoxy) is 3. The molecule has 0 fully saturated rings. The van der Waals surface area contributed by atoms with E-state index in [1.165, 1.54) is 53.1 Å². The van der Waals surface area contributed by atoms with Crippen LogP contribution in [0.25, 0.3) is 22.7 Å². The van der Waals surface area contributed by atoms with Crippen LogP contribution in [0.4, 0.5) is 33.2 Å². The van der Waals surface area contributed by atoms with Crippen LogP contribution in [-0.4, -0.2) is 103 Å². The molecule has 8 aromatic rings. The number of nitro groups is 3. The first-order chi connectivity index (χ1) is 44.2. The number of anilines is 2. The fourth-order valence-electron chi connectivity index (χ4n) is 8.86. The number of carbonyl (C=O) groups excluding carboxylic acids is 3. The highest BCUT2D eigenvalue weighted by Gasteiger charge is 2.33. The summed E-state index contributed by atoms with van der Waals surface area (Å²) in [7, 11) is 5.38. The number of aryl methyl sites for hydroxylation is 1. The van der Waals surface area contributed by atoms with Crippen molar-refractivity contribution < 1.29 is 62.3 Å². The van der Waals surface area contributed by atoms with Crippen LogP contribution in [-0.2, 0) is 33.9 Å². The van der Waals surface area contributed by atoms with E-state index in [-0.39, 0.29) is 92.2 Å². The molecule has 0 aliphatic carbocycles. The van der Waals surface area contributed by atoms with Crippen molar-refractivity contribution in [3.63, 3.8) is 0 Å². The summed E-state index contributed by atoms with van der Waals surface area (Å²) in [6.07, 6.45) is 0.541. The fraction of sp³-hybridized carbons (Fsp3) is 0.281. The minimum atomic E-state index is -0.936. The number of halogens is 1. The van der Waals surface area contributed by atoms with Gasteiger partial charge in [-0.05, 0) is 99.7 Å². The zero-order valence-electron chi connectivity index (χ0n) is 51.7. The molecule has 26 nitrogen and oxygen atoms in total. The zero-order valence-corrected chi connectivity index (χ0v) is 54.1. The lowest BCUT2D eigenvalue weighted by Crippen LogP contribution is -2.26. The van der Waals surface area contributed by atoms with Gasteiger partial charge in [0.2, 0.25) is 0 Å². The first-order valence-corrected chi connectivity index (χ1v) is 31.1. The molecular formula is C64H65ClN8O18S2. The van der Waals surface area contributed by atoms with Gasteiger partial charge in [-0.25, -0.2) is 4.79 Å². The van der Waals surface area contributed by atoms with Crippen molar-refractivity contribution in [2.24, 2.45) is 0 Å². The Balaban J connectivity index is 0.000000264. The SMILES string of the molecule is CCCOC(=O)c1ccc(-n2oc(-c3ccccc3Cl)c(COc3ccccc3NC(=O)SCCN(C)C)c2=O)c([N+](=O)[O-])c1.Cc1ccc(N(C)C(=O)c2ccc(-n3oc(C(C)(C)C)c(COc4ccc(CSCCC(=O)O)cc4[N+](=O)[O-])c3=O)c([N+](=O)[O-])c2)cc1. The molecule has 0 spiro atoms. The predicted octanol–water partition coefficient (Wildman–Crippen LogP) is 13.0. The molecule has 2 N–H and O–H groups in total. The lowest BCUT2D eigenvalue weighted by molar-refractivity contribution is -0.386. The van der Waals surface area contributed by atoms with Gasteiger partial charge in [-0.1, -0.05) is 99.1 Å². The van der Waals surface area contributed by atoms with E-state index in [1.807, 2.05) is 45.0 Å². The van der Waals surface area contributed by atoms with Gasteiger partial charge in [0.1, 0.15) is 24.5 Å². The first kappa shape index (κ1) is 70.4. The number of hydrogen-bond donors (Lipinski definition) is 2. The standard InChI is InChI=1S/C33H34N4O10S.C31H31ClN4O8S/c1-20-6-10-23(11-7-20)34(5)31(40)22-9-12-25(26(17-22)36(42)43)35-32(41)24(30(47-35)33(2,3)4)18-46-28-13-8-21(16-27(28)37(44)45)19-48-15-14-29(38)39;1-4-16-42-30(38)20-13-14-25(26(18-20)36(40)41)35-29(37)22(28(44-35)21-9-5-6-10-23(21)32)19-43-27-12-8-7-11-24(27)33-31(39)45-17-15-34(2)3/h6-13,16-17H,14-15,18-19H2,1-5H3,(H,38,39);5-14,18H,4,15-17,19H2,1-3H3,(H,33,39). The van der Waals surface area contributed by atoms with E-state index < -0.39 is 67.1 Å². The van der Waals surface area contributed by atoms with Crippen LogP contribution in [0, 0.1) is 37.3 Å². The summed E-state index contributed by atoms with van der Waals surface area (Å²) < 4.78 is 30.3. The Hall–Kier alpha value is -10.0. The average Bonchev–Trinajstić information content (AvgIpc) is 1.65. The third-order valence-corrected chi connectivity index (χ3v) is 15.7. The summed E-state index contributed by atoms with van der Waals surface area (Å²) in [6.45, 7) is 9.11. The Kier molecular flexibility index (Phi) is 24.1. The third kappa shape index (κ3) is 18.1. The highest BCUT2D eigenvalue weighted by molar-refractivity contribution is 8.13. The van der Waals surface area contributed by atoms with E-state index in [0.717, 1.165) is 45.5 Å². The maximum atomic E-state index is 13.8. The molecule has 29 heteroatoms. The number of carbonyl (C=O) groups is 4. The molecule has 0 saturated carbocycles. The van der Waals surface area contributed by atoms with Crippen molar-refractivity contribution >= 4 is 86.6 Å². The van der Waals surface area contributed by atoms with Crippen molar-refractivity contribution in [1.82, 2.24) is 14.4 Å². The number of para-hydroxylation sites is 2. The molecule has 2 amide bonds. The number of nitrogens with zero attached hydrogens (tertiary/aromatic N) is 7. The number of aliphatic carboxylic acids is 1. The number of hydrogen-bond acceptors (Lipinski definition) is 20. The van der Waals surface area contributed by atoms with E-state index in [9.17, 15) is 59.1 Å². The summed E-state index contributed by atoms with van der Waals surface area (Å²) in [4.78, 5) is 114. The number of carboxylic acid groups (broad SMARTS) is 1. The van der Waals surface area contributed by atoms with Crippen LogP contribution >= 0.6 is 35.1 Å². The van der Waals surface area contributed by atoms with Crippen LogP contribution in [0.3, 0.4) is 0 Å². The number of nitrogens with one attached hydrogen (secondary N) is 1. The zero-order chi connectivity index (χ0) is 67.8. The number of carboxylic acids is 1. The number of nitro benzene ring substituents is 3. The molecule has 0 atom stereocenters. The van der Waals surface area contributed by atoms with Crippen molar-refractivity contribution in [2.45, 2.75) is 71.8 Å². The molecular weight excluding hydrogens is 1270 g/mol. The monoisotopic (exact) mass is 1330 g/mol. The summed E-state index contributed by atoms with van der Waals surface area (Å²) in [6, 6.07) is 32.2. The number of aromatic nitrogens is 2. The highest BCUT2D eigenvalue weighted by atomic mass is 35.5. The minimum absolute atomic E-state index is 0.00124. The Morgan fingerprint density at radius 1 is 0.710 bits per heavy atom. The molecule has 6 aromatic carbocycles. The first-order valence-electron chi connectivity index (χ1n) is 28.5. The van der Waals surface area contributed by atoms with Gasteiger partial charge in [-0.2, -0.15) is 11.8 Å². The molecule has 0 radical (unpaired) electrons. The van der Waals surface area contributed by atoms with Gasteiger partial charge >= 0.3 is 17.6 Å². The van der Waals surface area contributed by atoms with Gasteiger partial charge in [0.15, 0.2) is 28.6 Å². The van der Waals surface area contributed by atoms with E-state index in [4.69, 9.17) is 40.0 Å². The van der Waals surface area contributed by atoms with Gasteiger partial charge in [0.25, 0.3) is 33.6 Å². The van der Waals surface area contributed by atoms with Gasteiger partial charge < -0.3 is 43.5 Å². The average molecular weight is 1330 g/mol. The van der Waals surface area contributed by atoms with Crippen molar-refractivity contribution in [1.29, 1.82) is 0 Å². The molecule has 8 rings (SSSR count). The molecule has 488 valence electrons. The summed E-state index contributed by atoms with van der Waals surface area (Å²) in [5, 5.41) is 47.7. The summed E-state index contributed by atoms with van der Waals surface area (Å²) >= 11 is 8.89. The van der Waals surface area contributed by atoms with E-state index in [1.54, 1.807) is 94.5 Å². The van der Waals surface area contributed by atoms with E-state index in [2.05, 4.69) is 5.32 Å². The van der Waals surface area contributed by atoms with Crippen LogP contribution in [0.5, 0.6) is 11.5 Å². The highest BCUT2D eigenvalue weighted by Crippen LogP contribution is 2.36. The lowest BCUT2D eigenvalue weighted by Gasteiger charge is -2.18. The maximum absolute atomic E-state index is 13.8. The smallest absolute Gasteiger partial charge is 0.338 e. The van der Waals surface area contributed by atoms with E-state index in [0.29, 0.717) is 46.2 Å². The molecule has 0 unspecified atom stereocenters. The molecule has 0 saturated heterocycles. The molecule has 2 heterocycles. The van der Waals surface area contributed by atoms with Crippen LogP contribution in [0.15, 0.2) is 146 Å². The topological polar surface area (TPSA) is 334 Å². The van der Waals surface area contributed by atoms with E-state index >= 15 is 0 Å². The molecule has 2 aromatic heterocycles. The van der Waals surface area contributed by atoms with Gasteiger partial charge in [0.05, 0.1) is 49.6 Å². The normalized spacial score (nSPS) is 11.1. The van der Waals surface area contributed by atoms with Gasteiger partial charge in [0, 0.05) is 71.3 Å². The molecule has 0 aliphatic rings. The number of amides is 2. The second-order valence-corrected chi connectivity index (χ2v) is 24.5. The van der Waals surface area contributed by atoms with Crippen LogP contribution in [0.2, 0.25) is 5.02 Å². The minimum Gasteiger partial charge on any atom is -0.486 e. The lowest BCUT2D eigenvalue weighted by atomic mass is 9.91. The fourth-order valence-corrected chi connectivity index (χ4v) is 10.8. The third-order valence-electron chi connectivity index (χ3n) is 13.6. The molecule has 93 heavy (non-hydrogen) atoms.